The molecule has 5 nitrogen and oxygen atoms in total. The van der Waals surface area contributed by atoms with Gasteiger partial charge in [-0.3, -0.25) is 9.98 Å². The van der Waals surface area contributed by atoms with Gasteiger partial charge in [-0.1, -0.05) is 23.7 Å². The van der Waals surface area contributed by atoms with Gasteiger partial charge in [-0.15, -0.1) is 24.0 Å². The standard InChI is InChI=1S/C19H25ClN4O.HI/c1-13-11-23-17(14(2)18(13)25-4)12-24-19(21-3)22-10-9-15-5-7-16(20)8-6-15;/h5-8,11H,9-10,12H2,1-4H3,(H2,21,22,24);1H. The Labute approximate surface area is 177 Å². The summed E-state index contributed by atoms with van der Waals surface area (Å²) < 4.78 is 5.45. The van der Waals surface area contributed by atoms with Gasteiger partial charge in [0.15, 0.2) is 5.96 Å². The second kappa shape index (κ2) is 11.2. The lowest BCUT2D eigenvalue weighted by molar-refractivity contribution is 0.406. The third-order valence-corrected chi connectivity index (χ3v) is 4.27. The first-order valence-electron chi connectivity index (χ1n) is 8.23. The average molecular weight is 489 g/mol. The SMILES string of the molecule is CN=C(NCCc1ccc(Cl)cc1)NCc1ncc(C)c(OC)c1C.I. The van der Waals surface area contributed by atoms with Crippen LogP contribution in [0.1, 0.15) is 22.4 Å². The molecule has 0 atom stereocenters. The minimum atomic E-state index is 0. The number of aromatic nitrogens is 1. The van der Waals surface area contributed by atoms with E-state index in [4.69, 9.17) is 16.3 Å². The average Bonchev–Trinajstić information content (AvgIpc) is 2.61. The van der Waals surface area contributed by atoms with Crippen molar-refractivity contribution in [1.82, 2.24) is 15.6 Å². The number of ether oxygens (including phenoxy) is 1. The number of rotatable bonds is 6. The molecule has 2 rings (SSSR count). The van der Waals surface area contributed by atoms with Crippen molar-refractivity contribution in [2.45, 2.75) is 26.8 Å². The number of nitrogens with one attached hydrogen (secondary N) is 2. The van der Waals surface area contributed by atoms with Crippen LogP contribution in [0.25, 0.3) is 0 Å². The van der Waals surface area contributed by atoms with Crippen LogP contribution < -0.4 is 15.4 Å². The molecule has 142 valence electrons. The molecule has 0 aliphatic carbocycles. The number of guanidine groups is 1. The Balaban J connectivity index is 0.00000338. The van der Waals surface area contributed by atoms with Gasteiger partial charge in [-0.2, -0.15) is 0 Å². The molecule has 0 fully saturated rings. The van der Waals surface area contributed by atoms with Crippen molar-refractivity contribution in [3.05, 3.63) is 57.9 Å². The highest BCUT2D eigenvalue weighted by Crippen LogP contribution is 2.23. The molecule has 2 aromatic rings. The zero-order chi connectivity index (χ0) is 18.2. The molecule has 7 heteroatoms. The molecule has 0 saturated carbocycles. The fourth-order valence-electron chi connectivity index (χ4n) is 2.61. The predicted molar refractivity (Wildman–Crippen MR) is 119 cm³/mol. The molecule has 0 aliphatic rings. The number of aliphatic imine (C=N–C) groups is 1. The van der Waals surface area contributed by atoms with Gasteiger partial charge in [0, 0.05) is 35.9 Å². The van der Waals surface area contributed by atoms with Gasteiger partial charge in [0.1, 0.15) is 5.75 Å². The summed E-state index contributed by atoms with van der Waals surface area (Å²) in [6.45, 7) is 5.38. The summed E-state index contributed by atoms with van der Waals surface area (Å²) in [7, 11) is 3.44. The summed E-state index contributed by atoms with van der Waals surface area (Å²) >= 11 is 5.90. The van der Waals surface area contributed by atoms with E-state index < -0.39 is 0 Å². The number of aryl methyl sites for hydroxylation is 1. The largest absolute Gasteiger partial charge is 0.496 e. The fraction of sp³-hybridized carbons (Fsp3) is 0.368. The van der Waals surface area contributed by atoms with Gasteiger partial charge in [0.25, 0.3) is 0 Å². The maximum atomic E-state index is 5.90. The maximum Gasteiger partial charge on any atom is 0.191 e. The van der Waals surface area contributed by atoms with Gasteiger partial charge in [-0.05, 0) is 38.0 Å². The van der Waals surface area contributed by atoms with Gasteiger partial charge < -0.3 is 15.4 Å². The Kier molecular flexibility index (Phi) is 9.72. The van der Waals surface area contributed by atoms with Crippen LogP contribution in [0.15, 0.2) is 35.5 Å². The monoisotopic (exact) mass is 488 g/mol. The lowest BCUT2D eigenvalue weighted by Crippen LogP contribution is -2.38. The van der Waals surface area contributed by atoms with Crippen LogP contribution in [0.5, 0.6) is 5.75 Å². The minimum absolute atomic E-state index is 0. The lowest BCUT2D eigenvalue weighted by Gasteiger charge is -2.15. The Bertz CT molecular complexity index is 735. The number of halogens is 2. The second-order valence-electron chi connectivity index (χ2n) is 5.78. The van der Waals surface area contributed by atoms with E-state index in [1.807, 2.05) is 44.3 Å². The van der Waals surface area contributed by atoms with Crippen LogP contribution in [0.3, 0.4) is 0 Å². The quantitative estimate of drug-likeness (QED) is 0.368. The number of pyridine rings is 1. The Morgan fingerprint density at radius 1 is 1.19 bits per heavy atom. The van der Waals surface area contributed by atoms with Gasteiger partial charge in [0.05, 0.1) is 19.3 Å². The van der Waals surface area contributed by atoms with Crippen LogP contribution in [0.4, 0.5) is 0 Å². The van der Waals surface area contributed by atoms with Crippen molar-refractivity contribution < 1.29 is 4.74 Å². The molecule has 0 amide bonds. The molecule has 2 N–H and O–H groups in total. The van der Waals surface area contributed by atoms with E-state index in [2.05, 4.69) is 20.6 Å². The highest BCUT2D eigenvalue weighted by atomic mass is 127. The first-order chi connectivity index (χ1) is 12.0. The van der Waals surface area contributed by atoms with Crippen molar-refractivity contribution >= 4 is 41.5 Å². The summed E-state index contributed by atoms with van der Waals surface area (Å²) in [5.41, 5.74) is 4.26. The van der Waals surface area contributed by atoms with Gasteiger partial charge >= 0.3 is 0 Å². The predicted octanol–water partition coefficient (Wildman–Crippen LogP) is 3.89. The highest BCUT2D eigenvalue weighted by Gasteiger charge is 2.09. The van der Waals surface area contributed by atoms with E-state index in [0.29, 0.717) is 6.54 Å². The Hall–Kier alpha value is -1.54. The molecule has 1 aromatic carbocycles. The van der Waals surface area contributed by atoms with E-state index in [1.54, 1.807) is 14.2 Å². The number of hydrogen-bond acceptors (Lipinski definition) is 3. The minimum Gasteiger partial charge on any atom is -0.496 e. The Morgan fingerprint density at radius 2 is 1.88 bits per heavy atom. The summed E-state index contributed by atoms with van der Waals surface area (Å²) in [4.78, 5) is 8.74. The first kappa shape index (κ1) is 22.5. The third-order valence-electron chi connectivity index (χ3n) is 4.02. The smallest absolute Gasteiger partial charge is 0.191 e. The molecule has 26 heavy (non-hydrogen) atoms. The summed E-state index contributed by atoms with van der Waals surface area (Å²) in [5.74, 6) is 1.63. The molecule has 1 aromatic heterocycles. The molecule has 0 saturated heterocycles. The topological polar surface area (TPSA) is 58.5 Å². The van der Waals surface area contributed by atoms with E-state index in [0.717, 1.165) is 46.5 Å². The van der Waals surface area contributed by atoms with E-state index in [-0.39, 0.29) is 24.0 Å². The lowest BCUT2D eigenvalue weighted by atomic mass is 10.1. The van der Waals surface area contributed by atoms with Crippen molar-refractivity contribution in [2.24, 2.45) is 4.99 Å². The molecular weight excluding hydrogens is 463 g/mol. The van der Waals surface area contributed by atoms with Crippen LogP contribution in [-0.2, 0) is 13.0 Å². The summed E-state index contributed by atoms with van der Waals surface area (Å²) in [6.07, 6.45) is 2.73. The summed E-state index contributed by atoms with van der Waals surface area (Å²) in [6, 6.07) is 7.88. The number of methoxy groups -OCH3 is 1. The second-order valence-corrected chi connectivity index (χ2v) is 6.21. The number of nitrogens with zero attached hydrogens (tertiary/aromatic N) is 2. The zero-order valence-corrected chi connectivity index (χ0v) is 18.7. The van der Waals surface area contributed by atoms with Crippen LogP contribution in [-0.4, -0.2) is 31.6 Å². The van der Waals surface area contributed by atoms with Crippen LogP contribution in [0, 0.1) is 13.8 Å². The van der Waals surface area contributed by atoms with Crippen LogP contribution >= 0.6 is 35.6 Å². The van der Waals surface area contributed by atoms with E-state index in [1.165, 1.54) is 5.56 Å². The van der Waals surface area contributed by atoms with Gasteiger partial charge in [-0.25, -0.2) is 0 Å². The highest BCUT2D eigenvalue weighted by molar-refractivity contribution is 14.0. The van der Waals surface area contributed by atoms with E-state index in [9.17, 15) is 0 Å². The molecule has 1 heterocycles. The van der Waals surface area contributed by atoms with Crippen molar-refractivity contribution in [3.8, 4) is 5.75 Å². The summed E-state index contributed by atoms with van der Waals surface area (Å²) in [5, 5.41) is 7.36. The fourth-order valence-corrected chi connectivity index (χ4v) is 2.74. The first-order valence-corrected chi connectivity index (χ1v) is 8.61. The van der Waals surface area contributed by atoms with Gasteiger partial charge in [0.2, 0.25) is 0 Å². The van der Waals surface area contributed by atoms with Crippen molar-refractivity contribution in [3.63, 3.8) is 0 Å². The van der Waals surface area contributed by atoms with E-state index >= 15 is 0 Å². The molecular formula is C19H26ClIN4O. The third kappa shape index (κ3) is 6.32. The normalized spacial score (nSPS) is 10.9. The molecule has 0 bridgehead atoms. The molecule has 0 radical (unpaired) electrons. The molecule has 0 spiro atoms. The maximum absolute atomic E-state index is 5.90. The Morgan fingerprint density at radius 3 is 2.50 bits per heavy atom. The molecule has 0 unspecified atom stereocenters. The number of benzene rings is 1. The number of hydrogen-bond donors (Lipinski definition) is 2. The van der Waals surface area contributed by atoms with Crippen LogP contribution in [0.2, 0.25) is 5.02 Å². The van der Waals surface area contributed by atoms with Crippen molar-refractivity contribution in [1.29, 1.82) is 0 Å². The molecule has 0 aliphatic heterocycles. The zero-order valence-electron chi connectivity index (χ0n) is 15.6. The van der Waals surface area contributed by atoms with Crippen molar-refractivity contribution in [2.75, 3.05) is 20.7 Å².